The Kier molecular flexibility index (Phi) is 31.6. The Bertz CT molecular complexity index is 3930. The van der Waals surface area contributed by atoms with Crippen molar-refractivity contribution in [3.8, 4) is 11.5 Å². The lowest BCUT2D eigenvalue weighted by Gasteiger charge is -2.22. The highest BCUT2D eigenvalue weighted by atomic mass is 32.2. The molecule has 3 aromatic heterocycles. The zero-order valence-electron chi connectivity index (χ0n) is 51.4. The van der Waals surface area contributed by atoms with Gasteiger partial charge in [-0.2, -0.15) is 48.3 Å². The Morgan fingerprint density at radius 3 is 1.19 bits per heavy atom. The fourth-order valence-corrected chi connectivity index (χ4v) is 9.54. The molecule has 0 radical (unpaired) electrons. The lowest BCUT2D eigenvalue weighted by Crippen LogP contribution is -2.38. The lowest BCUT2D eigenvalue weighted by molar-refractivity contribution is 0.0696. The van der Waals surface area contributed by atoms with E-state index in [0.29, 0.717) is 11.4 Å². The largest absolute Gasteiger partial charge is 0.508 e. The number of benzene rings is 3. The van der Waals surface area contributed by atoms with E-state index in [4.69, 9.17) is 9.66 Å². The topological polar surface area (TPSA) is 595 Å². The third-order valence-electron chi connectivity index (χ3n) is 12.1. The number of aliphatic hydroxyl groups excluding tert-OH is 4. The van der Waals surface area contributed by atoms with Crippen molar-refractivity contribution in [2.45, 2.75) is 20.8 Å². The van der Waals surface area contributed by atoms with Crippen molar-refractivity contribution in [2.24, 2.45) is 0 Å². The molecule has 0 aliphatic carbocycles. The highest BCUT2D eigenvalue weighted by Crippen LogP contribution is 2.24. The zero-order chi connectivity index (χ0) is 70.4. The number of nitrogens with zero attached hydrogens (tertiary/aromatic N) is 11. The van der Waals surface area contributed by atoms with Gasteiger partial charge < -0.3 is 82.1 Å². The number of aromatic hydroxyl groups is 2. The SMILES string of the molecule is CCS(=O)(=O)NCCN(CCO)c1nc(NCCO)nc(Nc2cc(C(=O)O)cc(C(=O)O)c2)n1.CCS(=O)(=O)NCCN(CCO)c1nc(NCCS(=O)(=O)O)nc(Nc2ccc(O)cc2)n1.CCS(=O)(=O)NCCN(CCO)c1nc(Nc2ccc(O)cc2)[nH]c(=O)n1. The minimum absolute atomic E-state index is 0.00660. The van der Waals surface area contributed by atoms with Crippen molar-refractivity contribution in [1.29, 1.82) is 0 Å². The smallest absolute Gasteiger partial charge is 0.351 e. The van der Waals surface area contributed by atoms with Gasteiger partial charge in [-0.15, -0.1) is 0 Å². The van der Waals surface area contributed by atoms with Gasteiger partial charge in [-0.05, 0) is 87.5 Å². The Balaban J connectivity index is 0.000000306. The number of rotatable bonds is 39. The molecule has 0 amide bonds. The van der Waals surface area contributed by atoms with E-state index in [1.165, 1.54) is 71.9 Å². The summed E-state index contributed by atoms with van der Waals surface area (Å²) in [6, 6.07) is 15.6. The summed E-state index contributed by atoms with van der Waals surface area (Å²) in [5.74, 6) is -3.03. The first-order valence-electron chi connectivity index (χ1n) is 28.5. The summed E-state index contributed by atoms with van der Waals surface area (Å²) < 4.78 is 108. The van der Waals surface area contributed by atoms with Crippen molar-refractivity contribution in [3.05, 3.63) is 88.3 Å². The summed E-state index contributed by atoms with van der Waals surface area (Å²) in [4.78, 5) is 74.8. The van der Waals surface area contributed by atoms with Gasteiger partial charge in [-0.25, -0.2) is 53.8 Å². The zero-order valence-corrected chi connectivity index (χ0v) is 54.6. The third kappa shape index (κ3) is 29.4. The van der Waals surface area contributed by atoms with Crippen molar-refractivity contribution in [2.75, 3.05) is 163 Å². The first-order chi connectivity index (χ1) is 44.9. The second-order valence-electron chi connectivity index (χ2n) is 19.1. The molecular formula is C51H76N20O20S4. The molecule has 44 heteroatoms. The summed E-state index contributed by atoms with van der Waals surface area (Å²) in [5, 5.41) is 88.5. The molecule has 18 N–H and O–H groups in total. The normalized spacial score (nSPS) is 11.5. The number of phenolic OH excluding ortho intramolecular Hbond substituents is 2. The van der Waals surface area contributed by atoms with E-state index < -0.39 is 63.6 Å². The fourth-order valence-electron chi connectivity index (χ4n) is 7.36. The van der Waals surface area contributed by atoms with Gasteiger partial charge in [0.1, 0.15) is 11.5 Å². The van der Waals surface area contributed by atoms with Gasteiger partial charge in [0.2, 0.25) is 77.7 Å². The molecule has 6 aromatic rings. The quantitative estimate of drug-likeness (QED) is 0.0145. The molecule has 6 rings (SSSR count). The molecule has 3 heterocycles. The molecule has 0 aliphatic heterocycles. The number of carboxylic acid groups (broad SMARTS) is 2. The van der Waals surface area contributed by atoms with Crippen molar-refractivity contribution in [3.63, 3.8) is 0 Å². The van der Waals surface area contributed by atoms with Gasteiger partial charge in [0.25, 0.3) is 10.1 Å². The number of hydrogen-bond acceptors (Lipinski definition) is 33. The number of carboxylic acids is 2. The maximum absolute atomic E-state index is 11.9. The molecule has 0 bridgehead atoms. The van der Waals surface area contributed by atoms with E-state index >= 15 is 0 Å². The number of carbonyl (C=O) groups is 2. The predicted octanol–water partition coefficient (Wildman–Crippen LogP) is -2.14. The number of H-pyrrole nitrogens is 1. The maximum Gasteiger partial charge on any atom is 0.351 e. The van der Waals surface area contributed by atoms with Crippen LogP contribution in [0.2, 0.25) is 0 Å². The van der Waals surface area contributed by atoms with Crippen LogP contribution in [0.5, 0.6) is 11.5 Å². The third-order valence-corrected chi connectivity index (χ3v) is 17.0. The number of phenols is 2. The van der Waals surface area contributed by atoms with Crippen LogP contribution in [0.15, 0.2) is 71.5 Å². The monoisotopic (exact) mass is 1420 g/mol. The summed E-state index contributed by atoms with van der Waals surface area (Å²) in [5.41, 5.74) is 0.00180. The molecule has 3 aromatic carbocycles. The predicted molar refractivity (Wildman–Crippen MR) is 349 cm³/mol. The van der Waals surface area contributed by atoms with E-state index in [-0.39, 0.29) is 192 Å². The van der Waals surface area contributed by atoms with Gasteiger partial charge in [0.05, 0.1) is 60.6 Å². The molecule has 0 fully saturated rings. The fraction of sp³-hybridized carbons (Fsp3) is 0.431. The van der Waals surface area contributed by atoms with Crippen LogP contribution in [-0.4, -0.2) is 257 Å². The van der Waals surface area contributed by atoms with Crippen LogP contribution >= 0.6 is 0 Å². The minimum atomic E-state index is -4.20. The first-order valence-corrected chi connectivity index (χ1v) is 35.0. The number of aliphatic hydroxyl groups is 4. The molecule has 40 nitrogen and oxygen atoms in total. The van der Waals surface area contributed by atoms with E-state index in [0.717, 1.165) is 6.07 Å². The van der Waals surface area contributed by atoms with Gasteiger partial charge in [0, 0.05) is 89.1 Å². The van der Waals surface area contributed by atoms with Crippen LogP contribution in [0.3, 0.4) is 0 Å². The molecule has 0 aliphatic rings. The average Bonchev–Trinajstić information content (AvgIpc) is 0.886. The van der Waals surface area contributed by atoms with Crippen LogP contribution in [0.25, 0.3) is 0 Å². The van der Waals surface area contributed by atoms with E-state index in [1.807, 2.05) is 0 Å². The van der Waals surface area contributed by atoms with E-state index in [9.17, 15) is 83.8 Å². The number of nitrogens with one attached hydrogen (secondary N) is 9. The Hall–Kier alpha value is -9.09. The highest BCUT2D eigenvalue weighted by Gasteiger charge is 2.20. The van der Waals surface area contributed by atoms with Crippen LogP contribution in [0.1, 0.15) is 41.5 Å². The minimum Gasteiger partial charge on any atom is -0.508 e. The number of aromatic nitrogens is 9. The molecule has 0 spiro atoms. The number of sulfonamides is 3. The number of hydrogen-bond donors (Lipinski definition) is 18. The molecule has 0 atom stereocenters. The van der Waals surface area contributed by atoms with E-state index in [1.54, 1.807) is 24.3 Å². The molecular weight excluding hydrogens is 1340 g/mol. The molecule has 95 heavy (non-hydrogen) atoms. The van der Waals surface area contributed by atoms with Crippen molar-refractivity contribution in [1.82, 2.24) is 59.0 Å². The molecule has 0 unspecified atom stereocenters. The Labute approximate surface area is 545 Å². The van der Waals surface area contributed by atoms with Gasteiger partial charge in [0.15, 0.2) is 0 Å². The summed E-state index contributed by atoms with van der Waals surface area (Å²) in [7, 11) is -14.4. The van der Waals surface area contributed by atoms with Crippen molar-refractivity contribution >= 4 is 117 Å². The molecule has 0 saturated heterocycles. The summed E-state index contributed by atoms with van der Waals surface area (Å²) in [6.07, 6.45) is 0. The van der Waals surface area contributed by atoms with Gasteiger partial charge in [-0.3, -0.25) is 9.54 Å². The standard InChI is InChI=1S/C19H27N7O8S.C17H27N7O7S2.C15H22N6O5S/c1-2-35(33,34)21-3-5-26(6-8-28)19-24-17(20-4-7-27)23-18(25-19)22-14-10-12(15(29)30)9-13(11-14)16(31)32;1-2-32(27,28)19-7-9-24(10-11-25)17-22-15(18-8-12-33(29,30)31)21-16(23-17)20-13-3-5-14(26)6-4-13;1-2-27(25,26)16-7-8-21(9-10-22)14-18-13(19-15(24)20-14)17-11-3-5-12(23)6-4-11/h9-11,21,27-28H,2-8H2,1H3,(H,29,30)(H,31,32)(H2,20,22,23,24,25);3-6,19,25-26H,2,7-12H2,1H3,(H,29,30,31)(H2,18,20,21,22,23);3-6,16,22-23H,2,7-10H2,1H3,(H2,17,18,19,20,24). The van der Waals surface area contributed by atoms with Gasteiger partial charge >= 0.3 is 17.6 Å². The van der Waals surface area contributed by atoms with Crippen LogP contribution < -0.4 is 61.1 Å². The van der Waals surface area contributed by atoms with E-state index in [2.05, 4.69) is 85.6 Å². The summed E-state index contributed by atoms with van der Waals surface area (Å²) in [6.45, 7) is 4.19. The average molecular weight is 1420 g/mol. The van der Waals surface area contributed by atoms with Crippen LogP contribution in [0, 0.1) is 0 Å². The first kappa shape index (κ1) is 78.4. The van der Waals surface area contributed by atoms with Crippen molar-refractivity contribution < 1.29 is 88.7 Å². The maximum atomic E-state index is 11.9. The van der Waals surface area contributed by atoms with Gasteiger partial charge in [-0.1, -0.05) is 0 Å². The lowest BCUT2D eigenvalue weighted by atomic mass is 10.1. The number of anilines is 11. The second-order valence-corrected chi connectivity index (χ2v) is 27.0. The van der Waals surface area contributed by atoms with Crippen LogP contribution in [-0.2, 0) is 40.2 Å². The second kappa shape index (κ2) is 38.3. The van der Waals surface area contributed by atoms with Crippen LogP contribution in [0.4, 0.5) is 64.6 Å². The number of aromatic carboxylic acids is 2. The Morgan fingerprint density at radius 2 is 0.821 bits per heavy atom. The molecule has 0 saturated carbocycles. The molecule has 524 valence electrons. The number of aromatic amines is 1. The summed E-state index contributed by atoms with van der Waals surface area (Å²) >= 11 is 0. The highest BCUT2D eigenvalue weighted by molar-refractivity contribution is 7.90. The Morgan fingerprint density at radius 1 is 0.453 bits per heavy atom.